The molecule has 0 aromatic heterocycles. The summed E-state index contributed by atoms with van der Waals surface area (Å²) in [5.74, 6) is -1.99. The summed E-state index contributed by atoms with van der Waals surface area (Å²) >= 11 is 0. The summed E-state index contributed by atoms with van der Waals surface area (Å²) in [6, 6.07) is 16.1. The molecule has 3 rings (SSSR count). The van der Waals surface area contributed by atoms with E-state index in [0.29, 0.717) is 13.0 Å². The normalized spacial score (nSPS) is 14.5. The predicted molar refractivity (Wildman–Crippen MR) is 111 cm³/mol. The molecule has 7 heteroatoms. The van der Waals surface area contributed by atoms with Crippen LogP contribution in [0, 0.1) is 5.92 Å². The van der Waals surface area contributed by atoms with Gasteiger partial charge in [-0.15, -0.1) is 0 Å². The van der Waals surface area contributed by atoms with Crippen LogP contribution in [-0.2, 0) is 19.0 Å². The monoisotopic (exact) mass is 413 g/mol. The van der Waals surface area contributed by atoms with Gasteiger partial charge in [-0.2, -0.15) is 0 Å². The van der Waals surface area contributed by atoms with Crippen LogP contribution in [0.25, 0.3) is 11.1 Å². The largest absolute Gasteiger partial charge is 0.481 e. The molecule has 2 aromatic carbocycles. The number of benzene rings is 2. The minimum atomic E-state index is -1.04. The molecule has 2 aromatic rings. The van der Waals surface area contributed by atoms with Crippen LogP contribution >= 0.6 is 0 Å². The van der Waals surface area contributed by atoms with Gasteiger partial charge in [-0.05, 0) is 28.7 Å². The number of ether oxygens (including phenoxy) is 3. The second-order valence-corrected chi connectivity index (χ2v) is 7.21. The second kappa shape index (κ2) is 10.2. The van der Waals surface area contributed by atoms with Crippen molar-refractivity contribution in [3.63, 3.8) is 0 Å². The van der Waals surface area contributed by atoms with Crippen molar-refractivity contribution < 1.29 is 28.9 Å². The number of carboxylic acid groups (broad SMARTS) is 1. The van der Waals surface area contributed by atoms with Gasteiger partial charge < -0.3 is 24.6 Å². The molecule has 0 spiro atoms. The molecule has 7 nitrogen and oxygen atoms in total. The highest BCUT2D eigenvalue weighted by Crippen LogP contribution is 2.44. The molecule has 1 aliphatic carbocycles. The van der Waals surface area contributed by atoms with Crippen molar-refractivity contribution in [2.75, 3.05) is 34.0 Å². The lowest BCUT2D eigenvalue weighted by Crippen LogP contribution is -2.41. The quantitative estimate of drug-likeness (QED) is 0.621. The number of methoxy groups -OCH3 is 2. The topological polar surface area (TPSA) is 94.1 Å². The number of aliphatic carboxylic acids is 1. The molecule has 0 heterocycles. The Kier molecular flexibility index (Phi) is 7.43. The number of carboxylic acids is 1. The van der Waals surface area contributed by atoms with Gasteiger partial charge in [0.2, 0.25) is 0 Å². The van der Waals surface area contributed by atoms with E-state index in [1.54, 1.807) is 0 Å². The van der Waals surface area contributed by atoms with Gasteiger partial charge in [-0.3, -0.25) is 4.79 Å². The Bertz CT molecular complexity index is 838. The zero-order valence-corrected chi connectivity index (χ0v) is 17.2. The molecule has 1 aliphatic rings. The number of nitrogens with one attached hydrogen (secondary N) is 1. The van der Waals surface area contributed by atoms with E-state index in [4.69, 9.17) is 14.2 Å². The molecule has 30 heavy (non-hydrogen) atoms. The average molecular weight is 413 g/mol. The fourth-order valence-corrected chi connectivity index (χ4v) is 3.94. The number of fused-ring (bicyclic) bond motifs is 3. The molecular weight excluding hydrogens is 386 g/mol. The van der Waals surface area contributed by atoms with Crippen molar-refractivity contribution >= 4 is 12.1 Å². The Morgan fingerprint density at radius 1 is 1.03 bits per heavy atom. The van der Waals surface area contributed by atoms with Gasteiger partial charge in [0.25, 0.3) is 0 Å². The van der Waals surface area contributed by atoms with Crippen LogP contribution in [-0.4, -0.2) is 57.3 Å². The van der Waals surface area contributed by atoms with Gasteiger partial charge in [-0.1, -0.05) is 48.5 Å². The van der Waals surface area contributed by atoms with E-state index in [1.807, 2.05) is 36.4 Å². The SMILES string of the molecule is COCCC(OC)C(CNC(=O)OCC1c2ccccc2-c2ccccc21)C(=O)O. The first-order valence-electron chi connectivity index (χ1n) is 9.90. The van der Waals surface area contributed by atoms with E-state index >= 15 is 0 Å². The molecule has 0 bridgehead atoms. The van der Waals surface area contributed by atoms with Crippen LogP contribution in [0.3, 0.4) is 0 Å². The summed E-state index contributed by atoms with van der Waals surface area (Å²) in [7, 11) is 2.99. The van der Waals surface area contributed by atoms with Crippen molar-refractivity contribution in [2.24, 2.45) is 5.92 Å². The highest BCUT2D eigenvalue weighted by atomic mass is 16.5. The summed E-state index contributed by atoms with van der Waals surface area (Å²) < 4.78 is 15.7. The minimum Gasteiger partial charge on any atom is -0.481 e. The molecule has 2 unspecified atom stereocenters. The molecule has 2 atom stereocenters. The first kappa shape index (κ1) is 21.8. The summed E-state index contributed by atoms with van der Waals surface area (Å²) in [5.41, 5.74) is 4.53. The number of amides is 1. The summed E-state index contributed by atoms with van der Waals surface area (Å²) in [4.78, 5) is 23.9. The van der Waals surface area contributed by atoms with E-state index in [9.17, 15) is 14.7 Å². The highest BCUT2D eigenvalue weighted by molar-refractivity contribution is 5.79. The Morgan fingerprint density at radius 3 is 2.17 bits per heavy atom. The predicted octanol–water partition coefficient (Wildman–Crippen LogP) is 3.28. The smallest absolute Gasteiger partial charge is 0.407 e. The third kappa shape index (κ3) is 4.80. The molecule has 2 N–H and O–H groups in total. The zero-order chi connectivity index (χ0) is 21.5. The minimum absolute atomic E-state index is 0.0492. The fraction of sp³-hybridized carbons (Fsp3) is 0.391. The molecule has 0 aliphatic heterocycles. The lowest BCUT2D eigenvalue weighted by molar-refractivity contribution is -0.146. The standard InChI is InChI=1S/C23H27NO6/c1-28-12-11-21(29-2)19(22(25)26)13-24-23(27)30-14-20-17-9-5-3-7-15(17)16-8-4-6-10-18(16)20/h3-10,19-21H,11-14H2,1-2H3,(H,24,27)(H,25,26). The van der Waals surface area contributed by atoms with Gasteiger partial charge in [0.1, 0.15) is 12.5 Å². The fourth-order valence-electron chi connectivity index (χ4n) is 3.94. The molecule has 1 amide bonds. The first-order valence-corrected chi connectivity index (χ1v) is 9.90. The molecule has 0 fully saturated rings. The number of rotatable bonds is 10. The maximum atomic E-state index is 12.3. The molecule has 0 saturated carbocycles. The van der Waals surface area contributed by atoms with Gasteiger partial charge in [0.15, 0.2) is 0 Å². The van der Waals surface area contributed by atoms with Crippen LogP contribution in [0.4, 0.5) is 4.79 Å². The lowest BCUT2D eigenvalue weighted by Gasteiger charge is -2.23. The third-order valence-corrected chi connectivity index (χ3v) is 5.49. The molecule has 0 radical (unpaired) electrons. The molecule has 160 valence electrons. The van der Waals surface area contributed by atoms with Gasteiger partial charge >= 0.3 is 12.1 Å². The first-order chi connectivity index (χ1) is 14.6. The van der Waals surface area contributed by atoms with Crippen LogP contribution in [0.5, 0.6) is 0 Å². The van der Waals surface area contributed by atoms with E-state index < -0.39 is 24.1 Å². The van der Waals surface area contributed by atoms with E-state index in [0.717, 1.165) is 22.3 Å². The zero-order valence-electron chi connectivity index (χ0n) is 17.2. The Labute approximate surface area is 176 Å². The molecule has 0 saturated heterocycles. The van der Waals surface area contributed by atoms with Crippen molar-refractivity contribution in [3.05, 3.63) is 59.7 Å². The average Bonchev–Trinajstić information content (AvgIpc) is 3.08. The van der Waals surface area contributed by atoms with E-state index in [2.05, 4.69) is 17.4 Å². The summed E-state index contributed by atoms with van der Waals surface area (Å²) in [5, 5.41) is 12.1. The van der Waals surface area contributed by atoms with E-state index in [1.165, 1.54) is 14.2 Å². The third-order valence-electron chi connectivity index (χ3n) is 5.49. The highest BCUT2D eigenvalue weighted by Gasteiger charge is 2.31. The number of carbonyl (C=O) groups excluding carboxylic acids is 1. The number of hydrogen-bond acceptors (Lipinski definition) is 5. The Morgan fingerprint density at radius 2 is 1.63 bits per heavy atom. The Balaban J connectivity index is 1.60. The Hall–Kier alpha value is -2.90. The van der Waals surface area contributed by atoms with Gasteiger partial charge in [-0.25, -0.2) is 4.79 Å². The second-order valence-electron chi connectivity index (χ2n) is 7.21. The van der Waals surface area contributed by atoms with Crippen molar-refractivity contribution in [2.45, 2.75) is 18.4 Å². The van der Waals surface area contributed by atoms with Crippen molar-refractivity contribution in [1.29, 1.82) is 0 Å². The van der Waals surface area contributed by atoms with Crippen molar-refractivity contribution in [1.82, 2.24) is 5.32 Å². The molecular formula is C23H27NO6. The maximum absolute atomic E-state index is 12.3. The van der Waals surface area contributed by atoms with Crippen LogP contribution in [0.2, 0.25) is 0 Å². The number of alkyl carbamates (subject to hydrolysis) is 1. The van der Waals surface area contributed by atoms with Crippen LogP contribution in [0.15, 0.2) is 48.5 Å². The van der Waals surface area contributed by atoms with Gasteiger partial charge in [0.05, 0.1) is 6.10 Å². The van der Waals surface area contributed by atoms with Crippen LogP contribution in [0.1, 0.15) is 23.5 Å². The summed E-state index contributed by atoms with van der Waals surface area (Å²) in [6.45, 7) is 0.455. The van der Waals surface area contributed by atoms with Crippen LogP contribution < -0.4 is 5.32 Å². The maximum Gasteiger partial charge on any atom is 0.407 e. The van der Waals surface area contributed by atoms with E-state index in [-0.39, 0.29) is 19.1 Å². The van der Waals surface area contributed by atoms with Gasteiger partial charge in [0, 0.05) is 33.3 Å². The summed E-state index contributed by atoms with van der Waals surface area (Å²) in [6.07, 6.45) is -0.808. The number of carbonyl (C=O) groups is 2. The van der Waals surface area contributed by atoms with Crippen molar-refractivity contribution in [3.8, 4) is 11.1 Å². The lowest BCUT2D eigenvalue weighted by atomic mass is 9.98. The number of hydrogen-bond donors (Lipinski definition) is 2.